The van der Waals surface area contributed by atoms with Crippen LogP contribution in [-0.4, -0.2) is 17.2 Å². The molecule has 1 aliphatic rings. The van der Waals surface area contributed by atoms with Crippen LogP contribution in [0.15, 0.2) is 24.3 Å². The molecule has 0 spiro atoms. The predicted molar refractivity (Wildman–Crippen MR) is 88.0 cm³/mol. The van der Waals surface area contributed by atoms with Crippen molar-refractivity contribution in [2.45, 2.75) is 71.1 Å². The minimum Gasteiger partial charge on any atom is -0.369 e. The minimum atomic E-state index is -0.133. The van der Waals surface area contributed by atoms with Crippen molar-refractivity contribution in [2.24, 2.45) is 11.8 Å². The largest absolute Gasteiger partial charge is 0.369 e. The van der Waals surface area contributed by atoms with E-state index in [1.54, 1.807) is 0 Å². The Morgan fingerprint density at radius 3 is 2.48 bits per heavy atom. The number of rotatable bonds is 5. The third-order valence-corrected chi connectivity index (χ3v) is 4.83. The molecule has 1 fully saturated rings. The summed E-state index contributed by atoms with van der Waals surface area (Å²) < 4.78 is 6.21. The molecule has 1 aromatic carbocycles. The summed E-state index contributed by atoms with van der Waals surface area (Å²) in [5, 5.41) is 0. The van der Waals surface area contributed by atoms with E-state index in [0.717, 1.165) is 19.3 Å². The van der Waals surface area contributed by atoms with Crippen LogP contribution < -0.4 is 11.3 Å². The molecule has 3 N–H and O–H groups in total. The molecule has 3 heteroatoms. The van der Waals surface area contributed by atoms with Gasteiger partial charge in [0.1, 0.15) is 0 Å². The van der Waals surface area contributed by atoms with Crippen molar-refractivity contribution in [2.75, 3.05) is 0 Å². The second kappa shape index (κ2) is 6.07. The molecule has 0 saturated carbocycles. The molecule has 1 saturated heterocycles. The van der Waals surface area contributed by atoms with Gasteiger partial charge in [-0.15, -0.1) is 0 Å². The van der Waals surface area contributed by atoms with E-state index in [1.165, 1.54) is 11.1 Å². The van der Waals surface area contributed by atoms with E-state index in [2.05, 4.69) is 64.3 Å². The van der Waals surface area contributed by atoms with Gasteiger partial charge in [-0.3, -0.25) is 11.3 Å². The van der Waals surface area contributed by atoms with Crippen molar-refractivity contribution in [3.63, 3.8) is 0 Å². The Kier molecular flexibility index (Phi) is 4.76. The number of aryl methyl sites for hydroxylation is 2. The maximum Gasteiger partial charge on any atom is 0.0678 e. The summed E-state index contributed by atoms with van der Waals surface area (Å²) in [6, 6.07) is 8.86. The molecule has 2 atom stereocenters. The second-order valence-corrected chi connectivity index (χ2v) is 7.51. The average molecular weight is 290 g/mol. The zero-order chi connectivity index (χ0) is 15.7. The van der Waals surface area contributed by atoms with Crippen molar-refractivity contribution < 1.29 is 4.74 Å². The van der Waals surface area contributed by atoms with Crippen molar-refractivity contribution in [1.29, 1.82) is 0 Å². The van der Waals surface area contributed by atoms with Gasteiger partial charge in [-0.25, -0.2) is 0 Å². The average Bonchev–Trinajstić information content (AvgIpc) is 2.60. The molecule has 0 aliphatic carbocycles. The van der Waals surface area contributed by atoms with E-state index in [1.807, 2.05) is 0 Å². The van der Waals surface area contributed by atoms with Crippen LogP contribution in [0.2, 0.25) is 0 Å². The van der Waals surface area contributed by atoms with Gasteiger partial charge in [-0.05, 0) is 65.0 Å². The summed E-state index contributed by atoms with van der Waals surface area (Å²) in [5.74, 6) is 6.29. The number of nitrogens with one attached hydrogen (secondary N) is 1. The Morgan fingerprint density at radius 1 is 1.29 bits per heavy atom. The van der Waals surface area contributed by atoms with Crippen LogP contribution in [0, 0.1) is 12.8 Å². The van der Waals surface area contributed by atoms with Crippen molar-refractivity contribution in [3.8, 4) is 0 Å². The fourth-order valence-corrected chi connectivity index (χ4v) is 3.83. The molecule has 0 bridgehead atoms. The Bertz CT molecular complexity index is 482. The molecule has 0 amide bonds. The van der Waals surface area contributed by atoms with Crippen LogP contribution in [-0.2, 0) is 11.2 Å². The van der Waals surface area contributed by atoms with Gasteiger partial charge in [0.25, 0.3) is 0 Å². The van der Waals surface area contributed by atoms with E-state index >= 15 is 0 Å². The first-order valence-corrected chi connectivity index (χ1v) is 7.96. The van der Waals surface area contributed by atoms with Crippen LogP contribution in [0.25, 0.3) is 0 Å². The van der Waals surface area contributed by atoms with Gasteiger partial charge in [0.2, 0.25) is 0 Å². The molecule has 1 aromatic rings. The highest BCUT2D eigenvalue weighted by molar-refractivity contribution is 5.25. The summed E-state index contributed by atoms with van der Waals surface area (Å²) >= 11 is 0. The number of hydrazine groups is 1. The van der Waals surface area contributed by atoms with Gasteiger partial charge >= 0.3 is 0 Å². The molecule has 0 radical (unpaired) electrons. The first-order valence-electron chi connectivity index (χ1n) is 7.96. The molecular formula is C18H30N2O. The van der Waals surface area contributed by atoms with E-state index in [4.69, 9.17) is 10.6 Å². The smallest absolute Gasteiger partial charge is 0.0678 e. The molecule has 2 rings (SSSR count). The Labute approximate surface area is 129 Å². The van der Waals surface area contributed by atoms with Crippen LogP contribution in [0.1, 0.15) is 51.7 Å². The summed E-state index contributed by atoms with van der Waals surface area (Å²) in [5.41, 5.74) is 5.62. The number of hydrogen-bond donors (Lipinski definition) is 2. The number of benzene rings is 1. The molecule has 21 heavy (non-hydrogen) atoms. The van der Waals surface area contributed by atoms with Crippen LogP contribution >= 0.6 is 0 Å². The van der Waals surface area contributed by atoms with Gasteiger partial charge in [-0.2, -0.15) is 0 Å². The first-order chi connectivity index (χ1) is 9.75. The van der Waals surface area contributed by atoms with Gasteiger partial charge in [0.05, 0.1) is 11.2 Å². The SMILES string of the molecule is Cc1ccccc1CCC(NN)C1CC(C)(C)OC1(C)C. The highest BCUT2D eigenvalue weighted by Gasteiger charge is 2.48. The maximum atomic E-state index is 6.21. The van der Waals surface area contributed by atoms with Gasteiger partial charge in [0.15, 0.2) is 0 Å². The zero-order valence-corrected chi connectivity index (χ0v) is 14.1. The monoisotopic (exact) mass is 290 g/mol. The molecule has 3 nitrogen and oxygen atoms in total. The van der Waals surface area contributed by atoms with Crippen molar-refractivity contribution in [3.05, 3.63) is 35.4 Å². The fourth-order valence-electron chi connectivity index (χ4n) is 3.83. The molecule has 1 aliphatic heterocycles. The van der Waals surface area contributed by atoms with E-state index < -0.39 is 0 Å². The Hall–Kier alpha value is -0.900. The third-order valence-electron chi connectivity index (χ3n) is 4.83. The molecule has 0 aromatic heterocycles. The summed E-state index contributed by atoms with van der Waals surface area (Å²) in [7, 11) is 0. The van der Waals surface area contributed by atoms with E-state index in [-0.39, 0.29) is 17.2 Å². The highest BCUT2D eigenvalue weighted by Crippen LogP contribution is 2.44. The first kappa shape index (κ1) is 16.5. The summed E-state index contributed by atoms with van der Waals surface area (Å²) in [6.07, 6.45) is 3.13. The number of nitrogens with two attached hydrogens (primary N) is 1. The predicted octanol–water partition coefficient (Wildman–Crippen LogP) is 3.35. The molecule has 1 heterocycles. The summed E-state index contributed by atoms with van der Waals surface area (Å²) in [6.45, 7) is 10.9. The Morgan fingerprint density at radius 2 is 1.95 bits per heavy atom. The van der Waals surface area contributed by atoms with Gasteiger partial charge in [0, 0.05) is 12.0 Å². The van der Waals surface area contributed by atoms with Crippen LogP contribution in [0.3, 0.4) is 0 Å². The number of ether oxygens (including phenoxy) is 1. The normalized spacial score (nSPS) is 25.0. The van der Waals surface area contributed by atoms with E-state index in [9.17, 15) is 0 Å². The minimum absolute atomic E-state index is 0.0636. The second-order valence-electron chi connectivity index (χ2n) is 7.51. The Balaban J connectivity index is 2.05. The maximum absolute atomic E-state index is 6.21. The highest BCUT2D eigenvalue weighted by atomic mass is 16.5. The lowest BCUT2D eigenvalue weighted by molar-refractivity contribution is -0.0779. The van der Waals surface area contributed by atoms with Crippen LogP contribution in [0.5, 0.6) is 0 Å². The molecule has 118 valence electrons. The lowest BCUT2D eigenvalue weighted by Crippen LogP contribution is -2.47. The molecular weight excluding hydrogens is 260 g/mol. The lowest BCUT2D eigenvalue weighted by atomic mass is 9.79. The lowest BCUT2D eigenvalue weighted by Gasteiger charge is -2.32. The van der Waals surface area contributed by atoms with Gasteiger partial charge < -0.3 is 4.74 Å². The third kappa shape index (κ3) is 3.85. The summed E-state index contributed by atoms with van der Waals surface area (Å²) in [4.78, 5) is 0. The zero-order valence-electron chi connectivity index (χ0n) is 14.1. The molecule has 2 unspecified atom stereocenters. The van der Waals surface area contributed by atoms with Crippen LogP contribution in [0.4, 0.5) is 0 Å². The quantitative estimate of drug-likeness (QED) is 0.646. The van der Waals surface area contributed by atoms with Gasteiger partial charge in [-0.1, -0.05) is 24.3 Å². The topological polar surface area (TPSA) is 47.3 Å². The van der Waals surface area contributed by atoms with Crippen molar-refractivity contribution >= 4 is 0 Å². The number of hydrogen-bond acceptors (Lipinski definition) is 3. The van der Waals surface area contributed by atoms with E-state index in [0.29, 0.717) is 5.92 Å². The fraction of sp³-hybridized carbons (Fsp3) is 0.667. The van der Waals surface area contributed by atoms with Crippen molar-refractivity contribution in [1.82, 2.24) is 5.43 Å². The standard InChI is InChI=1S/C18H30N2O/c1-13-8-6-7-9-14(13)10-11-16(20-19)15-12-17(2,3)21-18(15,4)5/h6-9,15-16,20H,10-12,19H2,1-5H3.